The number of nitrogens with zero attached hydrogens (tertiary/aromatic N) is 3. The molecule has 2 atom stereocenters. The molecule has 0 aromatic rings. The molecule has 0 aliphatic carbocycles. The van der Waals surface area contributed by atoms with Gasteiger partial charge in [-0.3, -0.25) is 4.99 Å². The minimum Gasteiger partial charge on any atom is -0.378 e. The van der Waals surface area contributed by atoms with Gasteiger partial charge in [-0.05, 0) is 50.2 Å². The summed E-state index contributed by atoms with van der Waals surface area (Å²) >= 11 is 0. The molecule has 0 bridgehead atoms. The van der Waals surface area contributed by atoms with Crippen LogP contribution in [0.2, 0.25) is 0 Å². The fraction of sp³-hybridized carbons (Fsp3) is 0.765. The summed E-state index contributed by atoms with van der Waals surface area (Å²) in [4.78, 5) is 12.2. The first kappa shape index (κ1) is 38.0. The number of ether oxygens (including phenoxy) is 4. The molecule has 1 unspecified atom stereocenters. The zero-order valence-electron chi connectivity index (χ0n) is 27.8. The van der Waals surface area contributed by atoms with E-state index in [1.807, 2.05) is 7.05 Å². The Morgan fingerprint density at radius 3 is 2.24 bits per heavy atom. The van der Waals surface area contributed by atoms with E-state index in [4.69, 9.17) is 30.4 Å². The molecule has 1 N–H and O–H groups in total. The molecule has 0 saturated carbocycles. The van der Waals surface area contributed by atoms with Crippen LogP contribution < -0.4 is 5.32 Å². The summed E-state index contributed by atoms with van der Waals surface area (Å²) in [5.74, 6) is 4.41. The number of hydrogen-bond donors (Lipinski definition) is 1. The second-order valence-corrected chi connectivity index (χ2v) is 11.3. The minimum absolute atomic E-state index is 0.321. The number of terminal acetylenes is 1. The maximum Gasteiger partial charge on any atom is 0.131 e. The second-order valence-electron chi connectivity index (χ2n) is 11.3. The largest absolute Gasteiger partial charge is 0.378 e. The minimum atomic E-state index is 0.321. The van der Waals surface area contributed by atoms with Gasteiger partial charge in [0.1, 0.15) is 12.4 Å². The van der Waals surface area contributed by atoms with E-state index in [-0.39, 0.29) is 0 Å². The van der Waals surface area contributed by atoms with Gasteiger partial charge in [-0.15, -0.1) is 6.42 Å². The molecule has 0 aromatic carbocycles. The Morgan fingerprint density at radius 2 is 1.64 bits per heavy atom. The number of rotatable bonds is 23. The van der Waals surface area contributed by atoms with E-state index in [2.05, 4.69) is 74.8 Å². The topological polar surface area (TPSA) is 76.9 Å². The van der Waals surface area contributed by atoms with Crippen LogP contribution in [0.5, 0.6) is 0 Å². The van der Waals surface area contributed by atoms with E-state index >= 15 is 0 Å². The third kappa shape index (κ3) is 17.8. The van der Waals surface area contributed by atoms with Gasteiger partial charge >= 0.3 is 0 Å². The summed E-state index contributed by atoms with van der Waals surface area (Å²) in [7, 11) is 1.90. The van der Waals surface area contributed by atoms with Crippen molar-refractivity contribution in [2.24, 2.45) is 21.8 Å². The molecule has 1 heterocycles. The van der Waals surface area contributed by atoms with Crippen LogP contribution in [0.1, 0.15) is 73.6 Å². The van der Waals surface area contributed by atoms with Gasteiger partial charge in [0, 0.05) is 44.1 Å². The van der Waals surface area contributed by atoms with E-state index in [0.29, 0.717) is 70.7 Å². The molecule has 0 amide bonds. The van der Waals surface area contributed by atoms with E-state index in [1.54, 1.807) is 0 Å². The summed E-state index contributed by atoms with van der Waals surface area (Å²) in [5, 5.41) is 3.66. The Kier molecular flexibility index (Phi) is 22.1. The summed E-state index contributed by atoms with van der Waals surface area (Å²) in [6.07, 6.45) is 15.6. The first-order chi connectivity index (χ1) is 20.3. The van der Waals surface area contributed by atoms with Crippen LogP contribution in [-0.4, -0.2) is 102 Å². The maximum atomic E-state index is 5.74. The fourth-order valence-electron chi connectivity index (χ4n) is 4.92. The van der Waals surface area contributed by atoms with E-state index in [0.717, 1.165) is 43.3 Å². The average Bonchev–Trinajstić information content (AvgIpc) is 3.43. The molecule has 0 spiro atoms. The van der Waals surface area contributed by atoms with Crippen molar-refractivity contribution in [3.63, 3.8) is 0 Å². The van der Waals surface area contributed by atoms with Crippen molar-refractivity contribution in [3.05, 3.63) is 23.4 Å². The Balaban J connectivity index is 2.50. The third-order valence-corrected chi connectivity index (χ3v) is 7.05. The number of allylic oxidation sites excluding steroid dienone is 3. The van der Waals surface area contributed by atoms with Crippen molar-refractivity contribution in [3.8, 4) is 12.3 Å². The third-order valence-electron chi connectivity index (χ3n) is 7.05. The number of unbranched alkanes of at least 4 members (excludes halogenated alkanes) is 2. The van der Waals surface area contributed by atoms with Gasteiger partial charge in [0.05, 0.1) is 46.2 Å². The number of amidine groups is 1. The Labute approximate surface area is 257 Å². The Hall–Kier alpha value is -2.02. The number of nitrogens with one attached hydrogen (secondary N) is 1. The van der Waals surface area contributed by atoms with Crippen LogP contribution in [0.15, 0.2) is 33.4 Å². The first-order valence-electron chi connectivity index (χ1n) is 16.0. The van der Waals surface area contributed by atoms with Gasteiger partial charge in [0.25, 0.3) is 0 Å². The molecule has 8 heteroatoms. The molecule has 1 aliphatic heterocycles. The van der Waals surface area contributed by atoms with Gasteiger partial charge in [-0.1, -0.05) is 59.0 Å². The van der Waals surface area contributed by atoms with Gasteiger partial charge in [-0.2, -0.15) is 0 Å². The maximum absolute atomic E-state index is 5.74. The Bertz CT molecular complexity index is 875. The van der Waals surface area contributed by atoms with Crippen molar-refractivity contribution in [1.82, 2.24) is 10.2 Å². The summed E-state index contributed by atoms with van der Waals surface area (Å²) in [6, 6.07) is 0.416. The molecule has 1 aliphatic rings. The highest BCUT2D eigenvalue weighted by Crippen LogP contribution is 2.18. The fourth-order valence-corrected chi connectivity index (χ4v) is 4.92. The lowest BCUT2D eigenvalue weighted by molar-refractivity contribution is 0.00157. The molecular formula is C34H60N4O4. The molecule has 0 aromatic heterocycles. The SMILES string of the molecule is C#CCOCCOCCOCCOCCN[C@H]1CCN(C(=N\C(C)=C\C(=NC)C(C)CCCCC)/C(C)=C\C(C)C)C1. The van der Waals surface area contributed by atoms with Crippen LogP contribution in [0.25, 0.3) is 0 Å². The molecule has 240 valence electrons. The van der Waals surface area contributed by atoms with Crippen LogP contribution in [0.3, 0.4) is 0 Å². The molecule has 1 fully saturated rings. The standard InChI is InChI=1S/C34H60N4O4/c1-9-11-12-13-29(5)33(35-8)26-31(7)37-34(30(6)25-28(3)4)38-16-14-32(27-38)36-15-18-40-20-22-42-24-23-41-21-19-39-17-10-2/h2,25-26,28-29,32,36H,9,11-24,27H2,1,3-8H3/b30-25-,31-26+,35-33?,37-34-/t29?,32-/m0/s1. The van der Waals surface area contributed by atoms with E-state index < -0.39 is 0 Å². The lowest BCUT2D eigenvalue weighted by Gasteiger charge is -2.23. The molecule has 8 nitrogen and oxygen atoms in total. The van der Waals surface area contributed by atoms with Gasteiger partial charge in [0.15, 0.2) is 0 Å². The smallest absolute Gasteiger partial charge is 0.131 e. The van der Waals surface area contributed by atoms with Crippen molar-refractivity contribution in [2.45, 2.75) is 79.7 Å². The van der Waals surface area contributed by atoms with Crippen LogP contribution in [-0.2, 0) is 18.9 Å². The summed E-state index contributed by atoms with van der Waals surface area (Å²) < 4.78 is 21.9. The van der Waals surface area contributed by atoms with Crippen LogP contribution in [0, 0.1) is 24.2 Å². The van der Waals surface area contributed by atoms with Crippen molar-refractivity contribution >= 4 is 11.5 Å². The molecule has 1 saturated heterocycles. The zero-order chi connectivity index (χ0) is 31.0. The number of aliphatic imine (C=N–C) groups is 2. The quantitative estimate of drug-likeness (QED) is 0.0731. The summed E-state index contributed by atoms with van der Waals surface area (Å²) in [5.41, 5.74) is 3.38. The predicted molar refractivity (Wildman–Crippen MR) is 177 cm³/mol. The number of hydrogen-bond acceptors (Lipinski definition) is 7. The molecule has 0 radical (unpaired) electrons. The lowest BCUT2D eigenvalue weighted by Crippen LogP contribution is -2.37. The highest BCUT2D eigenvalue weighted by molar-refractivity contribution is 6.00. The lowest BCUT2D eigenvalue weighted by atomic mass is 9.97. The monoisotopic (exact) mass is 588 g/mol. The van der Waals surface area contributed by atoms with Gasteiger partial charge < -0.3 is 29.2 Å². The van der Waals surface area contributed by atoms with Gasteiger partial charge in [-0.25, -0.2) is 4.99 Å². The first-order valence-corrected chi connectivity index (χ1v) is 16.0. The highest BCUT2D eigenvalue weighted by atomic mass is 16.6. The molecular weight excluding hydrogens is 528 g/mol. The van der Waals surface area contributed by atoms with E-state index in [1.165, 1.54) is 31.3 Å². The molecule has 42 heavy (non-hydrogen) atoms. The predicted octanol–water partition coefficient (Wildman–Crippen LogP) is 5.54. The Morgan fingerprint density at radius 1 is 1.00 bits per heavy atom. The van der Waals surface area contributed by atoms with Crippen LogP contribution >= 0.6 is 0 Å². The normalized spacial score (nSPS) is 17.8. The zero-order valence-corrected chi connectivity index (χ0v) is 27.8. The van der Waals surface area contributed by atoms with Crippen molar-refractivity contribution in [1.29, 1.82) is 0 Å². The average molecular weight is 589 g/mol. The van der Waals surface area contributed by atoms with Crippen molar-refractivity contribution < 1.29 is 18.9 Å². The van der Waals surface area contributed by atoms with E-state index in [9.17, 15) is 0 Å². The number of likely N-dealkylation sites (tertiary alicyclic amines) is 1. The summed E-state index contributed by atoms with van der Waals surface area (Å²) in [6.45, 7) is 20.2. The van der Waals surface area contributed by atoms with Gasteiger partial charge in [0.2, 0.25) is 0 Å². The van der Waals surface area contributed by atoms with Crippen LogP contribution in [0.4, 0.5) is 0 Å². The second kappa shape index (κ2) is 24.4. The molecule has 1 rings (SSSR count). The van der Waals surface area contributed by atoms with Crippen molar-refractivity contribution in [2.75, 3.05) is 79.5 Å². The highest BCUT2D eigenvalue weighted by Gasteiger charge is 2.25.